The smallest absolute Gasteiger partial charge is 0.136 e. The summed E-state index contributed by atoms with van der Waals surface area (Å²) in [5.41, 5.74) is 13.5. The van der Waals surface area contributed by atoms with Gasteiger partial charge in [0.15, 0.2) is 0 Å². The largest absolute Gasteiger partial charge is 0.456 e. The van der Waals surface area contributed by atoms with Crippen LogP contribution in [0.5, 0.6) is 0 Å². The molecule has 0 saturated carbocycles. The SMILES string of the molecule is c1ccc(-n2c3ccccc3c3cc(-c4cc(-c5ccc6c7ccccc7n(-c7ccccc7)c6c5)c5c(c4)oc4ccccc45)ccc32)cc1. The predicted octanol–water partition coefficient (Wildman–Crippen LogP) is 13.1. The molecule has 238 valence electrons. The van der Waals surface area contributed by atoms with Crippen molar-refractivity contribution in [2.45, 2.75) is 0 Å². The molecular formula is C48H30N2O. The van der Waals surface area contributed by atoms with E-state index in [1.54, 1.807) is 0 Å². The second-order valence-electron chi connectivity index (χ2n) is 13.3. The summed E-state index contributed by atoms with van der Waals surface area (Å²) in [6.07, 6.45) is 0. The van der Waals surface area contributed by atoms with Crippen LogP contribution in [0.25, 0.3) is 99.2 Å². The predicted molar refractivity (Wildman–Crippen MR) is 213 cm³/mol. The molecule has 0 aliphatic heterocycles. The van der Waals surface area contributed by atoms with Gasteiger partial charge in [-0.3, -0.25) is 0 Å². The number of aromatic nitrogens is 2. The van der Waals surface area contributed by atoms with E-state index in [1.807, 2.05) is 6.07 Å². The molecule has 0 aliphatic rings. The van der Waals surface area contributed by atoms with E-state index in [0.29, 0.717) is 0 Å². The van der Waals surface area contributed by atoms with Crippen molar-refractivity contribution in [2.75, 3.05) is 0 Å². The number of hydrogen-bond donors (Lipinski definition) is 0. The molecule has 8 aromatic carbocycles. The molecule has 51 heavy (non-hydrogen) atoms. The Morgan fingerprint density at radius 2 is 0.863 bits per heavy atom. The summed E-state index contributed by atoms with van der Waals surface area (Å²) in [5, 5.41) is 7.22. The third-order valence-electron chi connectivity index (χ3n) is 10.5. The Kier molecular flexibility index (Phi) is 5.96. The first-order valence-corrected chi connectivity index (χ1v) is 17.4. The molecule has 3 heteroatoms. The molecule has 11 aromatic rings. The molecule has 0 aliphatic carbocycles. The second kappa shape index (κ2) is 10.8. The maximum absolute atomic E-state index is 6.62. The van der Waals surface area contributed by atoms with Gasteiger partial charge in [0.1, 0.15) is 11.2 Å². The van der Waals surface area contributed by atoms with E-state index in [1.165, 1.54) is 43.6 Å². The van der Waals surface area contributed by atoms with Crippen molar-refractivity contribution < 1.29 is 4.42 Å². The van der Waals surface area contributed by atoms with Gasteiger partial charge in [0.25, 0.3) is 0 Å². The van der Waals surface area contributed by atoms with Gasteiger partial charge >= 0.3 is 0 Å². The number of benzene rings is 8. The number of nitrogens with zero attached hydrogens (tertiary/aromatic N) is 2. The quantitative estimate of drug-likeness (QED) is 0.186. The van der Waals surface area contributed by atoms with Crippen LogP contribution < -0.4 is 0 Å². The lowest BCUT2D eigenvalue weighted by molar-refractivity contribution is 0.669. The molecule has 0 spiro atoms. The maximum Gasteiger partial charge on any atom is 0.136 e. The first kappa shape index (κ1) is 28.0. The minimum absolute atomic E-state index is 0.888. The molecule has 0 fully saturated rings. The summed E-state index contributed by atoms with van der Waals surface area (Å²) in [5.74, 6) is 0. The van der Waals surface area contributed by atoms with Gasteiger partial charge in [-0.25, -0.2) is 0 Å². The molecule has 0 unspecified atom stereocenters. The van der Waals surface area contributed by atoms with Crippen molar-refractivity contribution in [3.63, 3.8) is 0 Å². The van der Waals surface area contributed by atoms with E-state index >= 15 is 0 Å². The maximum atomic E-state index is 6.62. The molecule has 11 rings (SSSR count). The molecule has 3 aromatic heterocycles. The first-order chi connectivity index (χ1) is 25.3. The molecule has 0 amide bonds. The standard InChI is InChI=1S/C48H30N2O/c1-3-13-34(14-4-1)49-43-21-11-8-18-37(43)41-27-31(24-26-44(41)49)33-28-40(48-39-19-9-12-22-46(39)51-47(48)30-33)32-23-25-38-36-17-7-10-20-42(36)50(45(38)29-32)35-15-5-2-6-16-35/h1-30H. The monoisotopic (exact) mass is 650 g/mol. The van der Waals surface area contributed by atoms with E-state index in [4.69, 9.17) is 4.42 Å². The third kappa shape index (κ3) is 4.19. The van der Waals surface area contributed by atoms with Gasteiger partial charge in [-0.15, -0.1) is 0 Å². The summed E-state index contributed by atoms with van der Waals surface area (Å²) in [7, 11) is 0. The van der Waals surface area contributed by atoms with Gasteiger partial charge in [-0.05, 0) is 95.1 Å². The normalized spacial score (nSPS) is 11.9. The van der Waals surface area contributed by atoms with Gasteiger partial charge in [0.2, 0.25) is 0 Å². The van der Waals surface area contributed by atoms with E-state index in [-0.39, 0.29) is 0 Å². The third-order valence-corrected chi connectivity index (χ3v) is 10.5. The summed E-state index contributed by atoms with van der Waals surface area (Å²) in [6, 6.07) is 65.5. The minimum atomic E-state index is 0.888. The summed E-state index contributed by atoms with van der Waals surface area (Å²) in [4.78, 5) is 0. The number of para-hydroxylation sites is 5. The minimum Gasteiger partial charge on any atom is -0.456 e. The van der Waals surface area contributed by atoms with Gasteiger partial charge in [-0.1, -0.05) is 109 Å². The first-order valence-electron chi connectivity index (χ1n) is 17.4. The fraction of sp³-hybridized carbons (Fsp3) is 0. The summed E-state index contributed by atoms with van der Waals surface area (Å²) in [6.45, 7) is 0. The molecular weight excluding hydrogens is 621 g/mol. The lowest BCUT2D eigenvalue weighted by Crippen LogP contribution is -1.93. The van der Waals surface area contributed by atoms with Gasteiger partial charge in [0, 0.05) is 43.7 Å². The van der Waals surface area contributed by atoms with Crippen molar-refractivity contribution in [1.29, 1.82) is 0 Å². The Labute approximate surface area is 293 Å². The fourth-order valence-electron chi connectivity index (χ4n) is 8.25. The Hall–Kier alpha value is -6.84. The highest BCUT2D eigenvalue weighted by Crippen LogP contribution is 2.43. The van der Waals surface area contributed by atoms with Crippen molar-refractivity contribution in [2.24, 2.45) is 0 Å². The number of rotatable bonds is 4. The number of fused-ring (bicyclic) bond motifs is 9. The van der Waals surface area contributed by atoms with Crippen LogP contribution in [0.4, 0.5) is 0 Å². The van der Waals surface area contributed by atoms with Crippen LogP contribution in [0.1, 0.15) is 0 Å². The molecule has 0 saturated heterocycles. The van der Waals surface area contributed by atoms with Gasteiger partial charge in [-0.2, -0.15) is 0 Å². The molecule has 0 N–H and O–H groups in total. The zero-order valence-electron chi connectivity index (χ0n) is 27.6. The van der Waals surface area contributed by atoms with Crippen LogP contribution >= 0.6 is 0 Å². The lowest BCUT2D eigenvalue weighted by Gasteiger charge is -2.12. The molecule has 3 nitrogen and oxygen atoms in total. The van der Waals surface area contributed by atoms with Crippen LogP contribution in [0.15, 0.2) is 186 Å². The lowest BCUT2D eigenvalue weighted by atomic mass is 9.93. The number of hydrogen-bond acceptors (Lipinski definition) is 1. The van der Waals surface area contributed by atoms with E-state index in [0.717, 1.165) is 55.6 Å². The molecule has 3 heterocycles. The summed E-state index contributed by atoms with van der Waals surface area (Å²) < 4.78 is 11.4. The Bertz CT molecular complexity index is 3130. The van der Waals surface area contributed by atoms with Crippen molar-refractivity contribution >= 4 is 65.6 Å². The fourth-order valence-corrected chi connectivity index (χ4v) is 8.25. The van der Waals surface area contributed by atoms with Crippen molar-refractivity contribution in [1.82, 2.24) is 9.13 Å². The van der Waals surface area contributed by atoms with Crippen LogP contribution in [-0.2, 0) is 0 Å². The van der Waals surface area contributed by atoms with E-state index in [9.17, 15) is 0 Å². The molecule has 0 bridgehead atoms. The highest BCUT2D eigenvalue weighted by Gasteiger charge is 2.19. The molecule has 0 radical (unpaired) electrons. The summed E-state index contributed by atoms with van der Waals surface area (Å²) >= 11 is 0. The van der Waals surface area contributed by atoms with Crippen LogP contribution in [0, 0.1) is 0 Å². The van der Waals surface area contributed by atoms with Crippen molar-refractivity contribution in [3.05, 3.63) is 182 Å². The molecule has 0 atom stereocenters. The van der Waals surface area contributed by atoms with Gasteiger partial charge in [0.05, 0.1) is 22.1 Å². The average Bonchev–Trinajstić information content (AvgIpc) is 3.85. The van der Waals surface area contributed by atoms with Crippen LogP contribution in [0.2, 0.25) is 0 Å². The topological polar surface area (TPSA) is 23.0 Å². The second-order valence-corrected chi connectivity index (χ2v) is 13.3. The van der Waals surface area contributed by atoms with Crippen LogP contribution in [0.3, 0.4) is 0 Å². The highest BCUT2D eigenvalue weighted by atomic mass is 16.3. The van der Waals surface area contributed by atoms with Crippen LogP contribution in [-0.4, -0.2) is 9.13 Å². The van der Waals surface area contributed by atoms with Crippen molar-refractivity contribution in [3.8, 4) is 33.6 Å². The van der Waals surface area contributed by atoms with E-state index in [2.05, 4.69) is 185 Å². The zero-order valence-corrected chi connectivity index (χ0v) is 27.6. The Balaban J connectivity index is 1.18. The average molecular weight is 651 g/mol. The highest BCUT2D eigenvalue weighted by molar-refractivity contribution is 6.16. The Morgan fingerprint density at radius 3 is 1.59 bits per heavy atom. The van der Waals surface area contributed by atoms with E-state index < -0.39 is 0 Å². The van der Waals surface area contributed by atoms with Gasteiger partial charge < -0.3 is 13.6 Å². The number of furan rings is 1. The Morgan fingerprint density at radius 1 is 0.314 bits per heavy atom. The zero-order chi connectivity index (χ0) is 33.5.